The van der Waals surface area contributed by atoms with Crippen LogP contribution in [0, 0.1) is 13.8 Å². The molecule has 0 aliphatic carbocycles. The minimum atomic E-state index is 0.597. The highest BCUT2D eigenvalue weighted by molar-refractivity contribution is 5.69. The summed E-state index contributed by atoms with van der Waals surface area (Å²) in [6, 6.07) is 10.1. The zero-order chi connectivity index (χ0) is 20.2. The van der Waals surface area contributed by atoms with Gasteiger partial charge in [0.15, 0.2) is 0 Å². The third-order valence-corrected chi connectivity index (χ3v) is 5.53. The summed E-state index contributed by atoms with van der Waals surface area (Å²) in [6.07, 6.45) is 2.47. The molecule has 1 fully saturated rings. The molecule has 0 atom stereocenters. The largest absolute Gasteiger partial charge is 0.493 e. The number of anilines is 1. The SMILES string of the molecule is Cc1nn(C)c(C)c1CCOc1ccccc1-c1cc(N2CCNCC2)ncn1. The van der Waals surface area contributed by atoms with Gasteiger partial charge in [0.1, 0.15) is 17.9 Å². The van der Waals surface area contributed by atoms with Crippen molar-refractivity contribution in [2.75, 3.05) is 37.7 Å². The molecule has 2 aromatic heterocycles. The van der Waals surface area contributed by atoms with Crippen molar-refractivity contribution in [3.63, 3.8) is 0 Å². The molecule has 4 rings (SSSR count). The topological polar surface area (TPSA) is 68.1 Å². The zero-order valence-corrected chi connectivity index (χ0v) is 17.4. The van der Waals surface area contributed by atoms with Crippen molar-refractivity contribution in [2.24, 2.45) is 7.05 Å². The first-order valence-corrected chi connectivity index (χ1v) is 10.1. The van der Waals surface area contributed by atoms with E-state index in [-0.39, 0.29) is 0 Å². The average molecular weight is 393 g/mol. The molecule has 0 unspecified atom stereocenters. The lowest BCUT2D eigenvalue weighted by Gasteiger charge is -2.28. The number of nitrogens with one attached hydrogen (secondary N) is 1. The molecule has 7 nitrogen and oxygen atoms in total. The third-order valence-electron chi connectivity index (χ3n) is 5.53. The van der Waals surface area contributed by atoms with Crippen LogP contribution in [0.15, 0.2) is 36.7 Å². The van der Waals surface area contributed by atoms with Gasteiger partial charge in [-0.15, -0.1) is 0 Å². The highest BCUT2D eigenvalue weighted by Gasteiger charge is 2.15. The van der Waals surface area contributed by atoms with E-state index in [1.807, 2.05) is 29.9 Å². The van der Waals surface area contributed by atoms with Crippen molar-refractivity contribution in [1.82, 2.24) is 25.1 Å². The predicted octanol–water partition coefficient (Wildman–Crippen LogP) is 2.53. The first-order valence-electron chi connectivity index (χ1n) is 10.1. The van der Waals surface area contributed by atoms with Crippen LogP contribution in [-0.2, 0) is 13.5 Å². The molecular weight excluding hydrogens is 364 g/mol. The van der Waals surface area contributed by atoms with Crippen LogP contribution in [-0.4, -0.2) is 52.5 Å². The lowest BCUT2D eigenvalue weighted by atomic mass is 10.1. The Labute approximate surface area is 171 Å². The Hall–Kier alpha value is -2.93. The number of ether oxygens (including phenoxy) is 1. The van der Waals surface area contributed by atoms with E-state index in [0.29, 0.717) is 6.61 Å². The molecular formula is C22H28N6O. The smallest absolute Gasteiger partial charge is 0.132 e. The predicted molar refractivity (Wildman–Crippen MR) is 114 cm³/mol. The summed E-state index contributed by atoms with van der Waals surface area (Å²) in [5.41, 5.74) is 5.39. The van der Waals surface area contributed by atoms with Crippen LogP contribution in [0.4, 0.5) is 5.82 Å². The molecule has 1 aliphatic heterocycles. The van der Waals surface area contributed by atoms with Crippen LogP contribution < -0.4 is 15.0 Å². The lowest BCUT2D eigenvalue weighted by Crippen LogP contribution is -2.43. The molecule has 1 N–H and O–H groups in total. The van der Waals surface area contributed by atoms with Crippen molar-refractivity contribution < 1.29 is 4.74 Å². The van der Waals surface area contributed by atoms with Crippen LogP contribution >= 0.6 is 0 Å². The molecule has 0 amide bonds. The molecule has 152 valence electrons. The van der Waals surface area contributed by atoms with Crippen molar-refractivity contribution in [2.45, 2.75) is 20.3 Å². The molecule has 29 heavy (non-hydrogen) atoms. The summed E-state index contributed by atoms with van der Waals surface area (Å²) in [4.78, 5) is 11.3. The second-order valence-electron chi connectivity index (χ2n) is 7.37. The van der Waals surface area contributed by atoms with Gasteiger partial charge < -0.3 is 15.0 Å². The maximum absolute atomic E-state index is 6.18. The van der Waals surface area contributed by atoms with Crippen LogP contribution in [0.5, 0.6) is 5.75 Å². The third kappa shape index (κ3) is 4.24. The van der Waals surface area contributed by atoms with E-state index >= 15 is 0 Å². The summed E-state index contributed by atoms with van der Waals surface area (Å²) < 4.78 is 8.11. The van der Waals surface area contributed by atoms with E-state index in [0.717, 1.165) is 61.1 Å². The normalized spacial score (nSPS) is 14.2. The monoisotopic (exact) mass is 392 g/mol. The van der Waals surface area contributed by atoms with E-state index in [4.69, 9.17) is 4.74 Å². The summed E-state index contributed by atoms with van der Waals surface area (Å²) in [7, 11) is 1.98. The highest BCUT2D eigenvalue weighted by Crippen LogP contribution is 2.30. The first kappa shape index (κ1) is 19.4. The summed E-state index contributed by atoms with van der Waals surface area (Å²) >= 11 is 0. The second-order valence-corrected chi connectivity index (χ2v) is 7.37. The number of para-hydroxylation sites is 1. The Kier molecular flexibility index (Phi) is 5.76. The minimum absolute atomic E-state index is 0.597. The summed E-state index contributed by atoms with van der Waals surface area (Å²) in [5.74, 6) is 1.81. The van der Waals surface area contributed by atoms with E-state index < -0.39 is 0 Å². The van der Waals surface area contributed by atoms with Gasteiger partial charge in [0.2, 0.25) is 0 Å². The second kappa shape index (κ2) is 8.61. The number of aromatic nitrogens is 4. The molecule has 3 aromatic rings. The van der Waals surface area contributed by atoms with Crippen LogP contribution in [0.1, 0.15) is 17.0 Å². The summed E-state index contributed by atoms with van der Waals surface area (Å²) in [6.45, 7) is 8.62. The van der Waals surface area contributed by atoms with E-state index in [1.165, 1.54) is 11.3 Å². The lowest BCUT2D eigenvalue weighted by molar-refractivity contribution is 0.322. The van der Waals surface area contributed by atoms with Crippen LogP contribution in [0.25, 0.3) is 11.3 Å². The quantitative estimate of drug-likeness (QED) is 0.695. The Bertz CT molecular complexity index is 977. The van der Waals surface area contributed by atoms with Crippen molar-refractivity contribution in [1.29, 1.82) is 0 Å². The molecule has 0 bridgehead atoms. The molecule has 1 aliphatic rings. The van der Waals surface area contributed by atoms with Gasteiger partial charge in [-0.3, -0.25) is 4.68 Å². The summed E-state index contributed by atoms with van der Waals surface area (Å²) in [5, 5.41) is 7.87. The van der Waals surface area contributed by atoms with Crippen molar-refractivity contribution in [3.8, 4) is 17.0 Å². The van der Waals surface area contributed by atoms with Gasteiger partial charge in [0.25, 0.3) is 0 Å². The molecule has 1 saturated heterocycles. The fourth-order valence-electron chi connectivity index (χ4n) is 3.81. The van der Waals surface area contributed by atoms with Gasteiger partial charge in [-0.1, -0.05) is 12.1 Å². The fourth-order valence-corrected chi connectivity index (χ4v) is 3.81. The molecule has 7 heteroatoms. The van der Waals surface area contributed by atoms with E-state index in [9.17, 15) is 0 Å². The Morgan fingerprint density at radius 2 is 1.90 bits per heavy atom. The van der Waals surface area contributed by atoms with Gasteiger partial charge in [0, 0.05) is 57.0 Å². The van der Waals surface area contributed by atoms with Crippen LogP contribution in [0.2, 0.25) is 0 Å². The van der Waals surface area contributed by atoms with Crippen LogP contribution in [0.3, 0.4) is 0 Å². The number of rotatable bonds is 6. The Morgan fingerprint density at radius 1 is 1.10 bits per heavy atom. The fraction of sp³-hybridized carbons (Fsp3) is 0.409. The Morgan fingerprint density at radius 3 is 2.66 bits per heavy atom. The molecule has 0 saturated carbocycles. The maximum atomic E-state index is 6.18. The first-order chi connectivity index (χ1) is 14.1. The van der Waals surface area contributed by atoms with Gasteiger partial charge in [-0.25, -0.2) is 9.97 Å². The maximum Gasteiger partial charge on any atom is 0.132 e. The average Bonchev–Trinajstić information content (AvgIpc) is 3.01. The van der Waals surface area contributed by atoms with Gasteiger partial charge >= 0.3 is 0 Å². The van der Waals surface area contributed by atoms with Gasteiger partial charge in [-0.2, -0.15) is 5.10 Å². The number of aryl methyl sites for hydroxylation is 2. The van der Waals surface area contributed by atoms with Crippen molar-refractivity contribution in [3.05, 3.63) is 53.6 Å². The Balaban J connectivity index is 1.51. The molecule has 0 spiro atoms. The van der Waals surface area contributed by atoms with Gasteiger partial charge in [0.05, 0.1) is 18.0 Å². The van der Waals surface area contributed by atoms with E-state index in [1.54, 1.807) is 6.33 Å². The number of nitrogens with zero attached hydrogens (tertiary/aromatic N) is 5. The number of hydrogen-bond donors (Lipinski definition) is 1. The van der Waals surface area contributed by atoms with Crippen molar-refractivity contribution >= 4 is 5.82 Å². The van der Waals surface area contributed by atoms with E-state index in [2.05, 4.69) is 51.3 Å². The molecule has 0 radical (unpaired) electrons. The molecule has 3 heterocycles. The number of hydrogen-bond acceptors (Lipinski definition) is 6. The standard InChI is InChI=1S/C22H28N6O/c1-16-18(17(2)27(3)26-16)8-13-29-21-7-5-4-6-19(21)20-14-22(25-15-24-20)28-11-9-23-10-12-28/h4-7,14-15,23H,8-13H2,1-3H3. The minimum Gasteiger partial charge on any atom is -0.493 e. The number of piperazine rings is 1. The molecule has 1 aromatic carbocycles. The number of benzene rings is 1. The zero-order valence-electron chi connectivity index (χ0n) is 17.4. The van der Waals surface area contributed by atoms with Gasteiger partial charge in [-0.05, 0) is 31.5 Å². The highest BCUT2D eigenvalue weighted by atomic mass is 16.5.